The first kappa shape index (κ1) is 22.8. The molecule has 1 aliphatic rings. The number of anilines is 1. The van der Waals surface area contributed by atoms with E-state index in [9.17, 15) is 14.4 Å². The maximum Gasteiger partial charge on any atom is 0.349 e. The molecule has 0 bridgehead atoms. The maximum atomic E-state index is 13.1. The molecule has 168 valence electrons. The Balaban J connectivity index is 1.56. The number of amides is 1. The van der Waals surface area contributed by atoms with Gasteiger partial charge in [0, 0.05) is 18.0 Å². The molecule has 0 fully saturated rings. The van der Waals surface area contributed by atoms with E-state index < -0.39 is 18.0 Å². The van der Waals surface area contributed by atoms with Crippen LogP contribution in [0, 0.1) is 6.92 Å². The highest BCUT2D eigenvalue weighted by atomic mass is 35.5. The molecule has 0 aliphatic carbocycles. The number of fused-ring (bicyclic) bond motifs is 2. The summed E-state index contributed by atoms with van der Waals surface area (Å²) in [6.45, 7) is 3.80. The Kier molecular flexibility index (Phi) is 6.55. The van der Waals surface area contributed by atoms with Crippen molar-refractivity contribution >= 4 is 62.3 Å². The van der Waals surface area contributed by atoms with Crippen molar-refractivity contribution in [2.75, 3.05) is 5.32 Å². The molecular formula is C22H21Cl2N3O4S. The molecule has 3 aromatic rings. The van der Waals surface area contributed by atoms with Crippen molar-refractivity contribution < 1.29 is 14.3 Å². The molecule has 1 aromatic carbocycles. The molecule has 1 N–H and O–H groups in total. The maximum absolute atomic E-state index is 13.1. The molecule has 4 rings (SSSR count). The minimum atomic E-state index is -1.09. The van der Waals surface area contributed by atoms with Crippen LogP contribution in [-0.4, -0.2) is 27.5 Å². The molecule has 1 amide bonds. The zero-order valence-corrected chi connectivity index (χ0v) is 19.9. The van der Waals surface area contributed by atoms with Gasteiger partial charge >= 0.3 is 5.97 Å². The largest absolute Gasteiger partial charge is 0.448 e. The van der Waals surface area contributed by atoms with Gasteiger partial charge < -0.3 is 10.1 Å². The van der Waals surface area contributed by atoms with Gasteiger partial charge in [0.15, 0.2) is 6.10 Å². The van der Waals surface area contributed by atoms with Gasteiger partial charge in [-0.1, -0.05) is 29.6 Å². The summed E-state index contributed by atoms with van der Waals surface area (Å²) in [5.74, 6) is -0.469. The number of halogens is 2. The average Bonchev–Trinajstić information content (AvgIpc) is 2.92. The average molecular weight is 494 g/mol. The number of aromatic nitrogens is 2. The van der Waals surface area contributed by atoms with E-state index in [1.807, 2.05) is 0 Å². The van der Waals surface area contributed by atoms with Crippen molar-refractivity contribution in [1.82, 2.24) is 9.55 Å². The van der Waals surface area contributed by atoms with Crippen molar-refractivity contribution in [1.29, 1.82) is 0 Å². The first-order chi connectivity index (χ1) is 15.3. The van der Waals surface area contributed by atoms with Crippen LogP contribution in [0.25, 0.3) is 10.2 Å². The Morgan fingerprint density at radius 1 is 1.25 bits per heavy atom. The smallest absolute Gasteiger partial charge is 0.349 e. The third kappa shape index (κ3) is 4.40. The Morgan fingerprint density at radius 3 is 2.81 bits per heavy atom. The molecule has 1 atom stereocenters. The third-order valence-electron chi connectivity index (χ3n) is 5.44. The number of aryl methyl sites for hydroxylation is 2. The van der Waals surface area contributed by atoms with Crippen LogP contribution < -0.4 is 10.9 Å². The van der Waals surface area contributed by atoms with E-state index in [0.717, 1.165) is 42.8 Å². The normalized spacial score (nSPS) is 14.5. The summed E-state index contributed by atoms with van der Waals surface area (Å²) in [5.41, 5.74) is 0.724. The second kappa shape index (κ2) is 9.21. The number of esters is 1. The number of hydrogen-bond acceptors (Lipinski definition) is 6. The Morgan fingerprint density at radius 2 is 2.03 bits per heavy atom. The van der Waals surface area contributed by atoms with Crippen LogP contribution in [0.4, 0.5) is 5.69 Å². The van der Waals surface area contributed by atoms with Crippen LogP contribution in [-0.2, 0) is 22.5 Å². The number of hydrogen-bond donors (Lipinski definition) is 1. The highest BCUT2D eigenvalue weighted by Crippen LogP contribution is 2.30. The number of ether oxygens (including phenoxy) is 1. The van der Waals surface area contributed by atoms with Crippen molar-refractivity contribution in [2.45, 2.75) is 52.2 Å². The zero-order valence-electron chi connectivity index (χ0n) is 17.5. The van der Waals surface area contributed by atoms with Gasteiger partial charge in [-0.2, -0.15) is 0 Å². The van der Waals surface area contributed by atoms with Crippen molar-refractivity contribution in [3.63, 3.8) is 0 Å². The molecule has 10 heteroatoms. The highest BCUT2D eigenvalue weighted by molar-refractivity contribution is 7.20. The fourth-order valence-corrected chi connectivity index (χ4v) is 5.11. The number of rotatable bonds is 4. The number of nitrogens with one attached hydrogen (secondary N) is 1. The van der Waals surface area contributed by atoms with Crippen molar-refractivity contribution in [3.05, 3.63) is 54.9 Å². The summed E-state index contributed by atoms with van der Waals surface area (Å²) < 4.78 is 7.10. The van der Waals surface area contributed by atoms with Crippen molar-refractivity contribution in [2.24, 2.45) is 0 Å². The lowest BCUT2D eigenvalue weighted by atomic mass is 10.2. The van der Waals surface area contributed by atoms with Crippen molar-refractivity contribution in [3.8, 4) is 0 Å². The summed E-state index contributed by atoms with van der Waals surface area (Å²) in [4.78, 5) is 43.9. The minimum absolute atomic E-state index is 0.124. The molecule has 1 unspecified atom stereocenters. The standard InChI is InChI=1S/C22H21Cl2N3O4S/c1-11-17-20(26-16-6-4-3-5-9-27(16)21(17)29)32-18(11)22(30)31-12(2)19(28)25-15-10-13(23)7-8-14(15)24/h7-8,10,12H,3-6,9H2,1-2H3,(H,25,28). The lowest BCUT2D eigenvalue weighted by Crippen LogP contribution is -2.30. The van der Waals surface area contributed by atoms with Gasteiger partial charge in [0.1, 0.15) is 15.5 Å². The monoisotopic (exact) mass is 493 g/mol. The topological polar surface area (TPSA) is 90.3 Å². The minimum Gasteiger partial charge on any atom is -0.448 e. The fourth-order valence-electron chi connectivity index (χ4n) is 3.70. The van der Waals surface area contributed by atoms with E-state index in [4.69, 9.17) is 27.9 Å². The van der Waals surface area contributed by atoms with E-state index in [0.29, 0.717) is 38.1 Å². The number of carbonyl (C=O) groups is 2. The predicted octanol–water partition coefficient (Wildman–Crippen LogP) is 4.98. The summed E-state index contributed by atoms with van der Waals surface area (Å²) in [6.07, 6.45) is 2.63. The van der Waals surface area contributed by atoms with Crippen LogP contribution in [0.3, 0.4) is 0 Å². The van der Waals surface area contributed by atoms with Crippen LogP contribution >= 0.6 is 34.5 Å². The van der Waals surface area contributed by atoms with Crippen LogP contribution in [0.2, 0.25) is 10.0 Å². The molecule has 0 saturated heterocycles. The summed E-state index contributed by atoms with van der Waals surface area (Å²) in [5, 5.41) is 3.77. The Labute approximate surface area is 198 Å². The second-order valence-electron chi connectivity index (χ2n) is 7.69. The van der Waals surface area contributed by atoms with E-state index >= 15 is 0 Å². The molecule has 0 spiro atoms. The second-order valence-corrected chi connectivity index (χ2v) is 9.54. The number of benzene rings is 1. The van der Waals surface area contributed by atoms with E-state index in [1.54, 1.807) is 23.6 Å². The molecule has 0 saturated carbocycles. The van der Waals surface area contributed by atoms with E-state index in [-0.39, 0.29) is 10.4 Å². The Bertz CT molecular complexity index is 1280. The molecule has 7 nitrogen and oxygen atoms in total. The molecule has 2 aromatic heterocycles. The zero-order chi connectivity index (χ0) is 23.0. The Hall–Kier alpha value is -2.42. The molecule has 32 heavy (non-hydrogen) atoms. The molecular weight excluding hydrogens is 473 g/mol. The van der Waals surface area contributed by atoms with Gasteiger partial charge in [-0.15, -0.1) is 11.3 Å². The molecule has 1 aliphatic heterocycles. The fraction of sp³-hybridized carbons (Fsp3) is 0.364. The van der Waals surface area contributed by atoms with Gasteiger partial charge in [-0.25, -0.2) is 9.78 Å². The van der Waals surface area contributed by atoms with Gasteiger partial charge in [0.05, 0.1) is 16.1 Å². The number of nitrogens with zero attached hydrogens (tertiary/aromatic N) is 2. The van der Waals surface area contributed by atoms with Gasteiger partial charge in [0.2, 0.25) is 0 Å². The molecule has 0 radical (unpaired) electrons. The number of carbonyl (C=O) groups excluding carboxylic acids is 2. The summed E-state index contributed by atoms with van der Waals surface area (Å²) in [6, 6.07) is 4.67. The first-order valence-electron chi connectivity index (χ1n) is 10.3. The quantitative estimate of drug-likeness (QED) is 0.517. The van der Waals surface area contributed by atoms with Crippen LogP contribution in [0.5, 0.6) is 0 Å². The van der Waals surface area contributed by atoms with Gasteiger partial charge in [-0.05, 0) is 50.5 Å². The van der Waals surface area contributed by atoms with E-state index in [1.165, 1.54) is 13.0 Å². The van der Waals surface area contributed by atoms with Crippen LogP contribution in [0.15, 0.2) is 23.0 Å². The van der Waals surface area contributed by atoms with Gasteiger partial charge in [-0.3, -0.25) is 14.2 Å². The lowest BCUT2D eigenvalue weighted by molar-refractivity contribution is -0.123. The summed E-state index contributed by atoms with van der Waals surface area (Å²) in [7, 11) is 0. The van der Waals surface area contributed by atoms with Crippen LogP contribution in [0.1, 0.15) is 47.2 Å². The SMILES string of the molecule is Cc1c(C(=O)OC(C)C(=O)Nc2cc(Cl)ccc2Cl)sc2nc3n(c(=O)c12)CCCCC3. The molecule has 3 heterocycles. The number of thiophene rings is 1. The lowest BCUT2D eigenvalue weighted by Gasteiger charge is -2.14. The van der Waals surface area contributed by atoms with E-state index in [2.05, 4.69) is 10.3 Å². The van der Waals surface area contributed by atoms with Gasteiger partial charge in [0.25, 0.3) is 11.5 Å². The predicted molar refractivity (Wildman–Crippen MR) is 126 cm³/mol. The third-order valence-corrected chi connectivity index (χ3v) is 7.17. The summed E-state index contributed by atoms with van der Waals surface area (Å²) >= 11 is 13.1. The highest BCUT2D eigenvalue weighted by Gasteiger charge is 2.26. The first-order valence-corrected chi connectivity index (χ1v) is 11.8.